The predicted octanol–water partition coefficient (Wildman–Crippen LogP) is 2.11. The third-order valence-corrected chi connectivity index (χ3v) is 4.22. The van der Waals surface area contributed by atoms with Crippen LogP contribution in [0.2, 0.25) is 0 Å². The topological polar surface area (TPSA) is 39.2 Å². The molecule has 0 aromatic carbocycles. The SMILES string of the molecule is O=C1CCC(C2(c3ccccn3)COC2)CC1. The standard InChI is InChI=1S/C14H17NO2/c16-12-6-4-11(5-7-12)14(9-17-10-14)13-3-1-2-8-15-13/h1-3,8,11H,4-7,9-10H2. The quantitative estimate of drug-likeness (QED) is 0.782. The second-order valence-corrected chi connectivity index (χ2v) is 5.18. The molecule has 2 heterocycles. The lowest BCUT2D eigenvalue weighted by Crippen LogP contribution is -2.53. The fourth-order valence-electron chi connectivity index (χ4n) is 3.06. The molecule has 0 amide bonds. The molecule has 1 aromatic rings. The van der Waals surface area contributed by atoms with Crippen molar-refractivity contribution in [2.45, 2.75) is 31.1 Å². The molecule has 0 unspecified atom stereocenters. The Morgan fingerprint density at radius 1 is 1.24 bits per heavy atom. The normalized spacial score (nSPS) is 24.4. The number of Topliss-reactive ketones (excluding diaryl/α,β-unsaturated/α-hetero) is 1. The number of carbonyl (C=O) groups is 1. The average Bonchev–Trinajstić information content (AvgIpc) is 2.32. The van der Waals surface area contributed by atoms with Gasteiger partial charge in [-0.05, 0) is 30.9 Å². The minimum Gasteiger partial charge on any atom is -0.379 e. The van der Waals surface area contributed by atoms with E-state index in [-0.39, 0.29) is 5.41 Å². The number of nitrogens with zero attached hydrogens (tertiary/aromatic N) is 1. The third kappa shape index (κ3) is 1.78. The molecule has 0 atom stereocenters. The lowest BCUT2D eigenvalue weighted by molar-refractivity contribution is -0.127. The Hall–Kier alpha value is -1.22. The van der Waals surface area contributed by atoms with Crippen molar-refractivity contribution in [2.75, 3.05) is 13.2 Å². The van der Waals surface area contributed by atoms with Gasteiger partial charge in [0.2, 0.25) is 0 Å². The van der Waals surface area contributed by atoms with Gasteiger partial charge in [0.15, 0.2) is 0 Å². The van der Waals surface area contributed by atoms with Crippen molar-refractivity contribution in [2.24, 2.45) is 5.92 Å². The fraction of sp³-hybridized carbons (Fsp3) is 0.571. The van der Waals surface area contributed by atoms with Crippen LogP contribution in [-0.2, 0) is 14.9 Å². The minimum absolute atomic E-state index is 0.0853. The van der Waals surface area contributed by atoms with Gasteiger partial charge >= 0.3 is 0 Å². The summed E-state index contributed by atoms with van der Waals surface area (Å²) in [6.45, 7) is 1.53. The molecule has 0 N–H and O–H groups in total. The molecule has 2 fully saturated rings. The minimum atomic E-state index is 0.0853. The second-order valence-electron chi connectivity index (χ2n) is 5.18. The molecule has 1 aromatic heterocycles. The zero-order valence-corrected chi connectivity index (χ0v) is 9.89. The van der Waals surface area contributed by atoms with Crippen molar-refractivity contribution in [3.8, 4) is 0 Å². The summed E-state index contributed by atoms with van der Waals surface area (Å²) in [5, 5.41) is 0. The van der Waals surface area contributed by atoms with Crippen LogP contribution in [0.25, 0.3) is 0 Å². The maximum atomic E-state index is 11.3. The van der Waals surface area contributed by atoms with E-state index in [0.29, 0.717) is 11.7 Å². The molecule has 3 nitrogen and oxygen atoms in total. The van der Waals surface area contributed by atoms with Crippen LogP contribution in [0.15, 0.2) is 24.4 Å². The van der Waals surface area contributed by atoms with Crippen LogP contribution in [0, 0.1) is 5.92 Å². The lowest BCUT2D eigenvalue weighted by Gasteiger charge is -2.48. The van der Waals surface area contributed by atoms with Crippen LogP contribution in [-0.4, -0.2) is 24.0 Å². The van der Waals surface area contributed by atoms with Gasteiger partial charge in [-0.1, -0.05) is 6.07 Å². The first-order valence-corrected chi connectivity index (χ1v) is 6.32. The van der Waals surface area contributed by atoms with Crippen molar-refractivity contribution in [1.82, 2.24) is 4.98 Å². The molecule has 0 radical (unpaired) electrons. The second kappa shape index (κ2) is 4.22. The first-order valence-electron chi connectivity index (χ1n) is 6.32. The summed E-state index contributed by atoms with van der Waals surface area (Å²) in [6.07, 6.45) is 5.32. The summed E-state index contributed by atoms with van der Waals surface area (Å²) in [6, 6.07) is 6.08. The van der Waals surface area contributed by atoms with Gasteiger partial charge < -0.3 is 4.74 Å². The van der Waals surface area contributed by atoms with Crippen LogP contribution in [0.5, 0.6) is 0 Å². The van der Waals surface area contributed by atoms with Crippen LogP contribution < -0.4 is 0 Å². The van der Waals surface area contributed by atoms with Crippen molar-refractivity contribution in [1.29, 1.82) is 0 Å². The largest absolute Gasteiger partial charge is 0.379 e. The molecule has 1 saturated carbocycles. The molecular formula is C14H17NO2. The average molecular weight is 231 g/mol. The maximum absolute atomic E-state index is 11.3. The number of ether oxygens (including phenoxy) is 1. The molecule has 90 valence electrons. The summed E-state index contributed by atoms with van der Waals surface area (Å²) in [5.41, 5.74) is 1.23. The number of aromatic nitrogens is 1. The van der Waals surface area contributed by atoms with Crippen molar-refractivity contribution in [3.05, 3.63) is 30.1 Å². The van der Waals surface area contributed by atoms with Gasteiger partial charge in [0.05, 0.1) is 24.3 Å². The highest BCUT2D eigenvalue weighted by molar-refractivity contribution is 5.79. The smallest absolute Gasteiger partial charge is 0.132 e. The summed E-state index contributed by atoms with van der Waals surface area (Å²) in [4.78, 5) is 15.8. The molecule has 1 aliphatic heterocycles. The van der Waals surface area contributed by atoms with Crippen LogP contribution in [0.4, 0.5) is 0 Å². The summed E-state index contributed by atoms with van der Waals surface area (Å²) in [5.74, 6) is 0.974. The predicted molar refractivity (Wildman–Crippen MR) is 63.7 cm³/mol. The number of rotatable bonds is 2. The maximum Gasteiger partial charge on any atom is 0.132 e. The number of hydrogen-bond donors (Lipinski definition) is 0. The van der Waals surface area contributed by atoms with Gasteiger partial charge in [-0.25, -0.2) is 0 Å². The van der Waals surface area contributed by atoms with Gasteiger partial charge in [-0.2, -0.15) is 0 Å². The van der Waals surface area contributed by atoms with Gasteiger partial charge in [-0.3, -0.25) is 9.78 Å². The van der Waals surface area contributed by atoms with E-state index in [9.17, 15) is 4.79 Å². The molecule has 3 heteroatoms. The van der Waals surface area contributed by atoms with E-state index in [4.69, 9.17) is 4.74 Å². The van der Waals surface area contributed by atoms with E-state index < -0.39 is 0 Å². The van der Waals surface area contributed by atoms with Crippen molar-refractivity contribution in [3.63, 3.8) is 0 Å². The molecular weight excluding hydrogens is 214 g/mol. The molecule has 1 aliphatic carbocycles. The zero-order valence-electron chi connectivity index (χ0n) is 9.89. The number of carbonyl (C=O) groups excluding carboxylic acids is 1. The Labute approximate surface area is 101 Å². The summed E-state index contributed by atoms with van der Waals surface area (Å²) < 4.78 is 5.45. The molecule has 2 aliphatic rings. The first kappa shape index (κ1) is 10.9. The monoisotopic (exact) mass is 231 g/mol. The van der Waals surface area contributed by atoms with E-state index in [2.05, 4.69) is 11.1 Å². The van der Waals surface area contributed by atoms with Gasteiger partial charge in [0.25, 0.3) is 0 Å². The highest BCUT2D eigenvalue weighted by Crippen LogP contribution is 2.44. The van der Waals surface area contributed by atoms with Crippen LogP contribution in [0.3, 0.4) is 0 Å². The zero-order chi connectivity index (χ0) is 11.7. The van der Waals surface area contributed by atoms with Crippen LogP contribution in [0.1, 0.15) is 31.4 Å². The fourth-order valence-corrected chi connectivity index (χ4v) is 3.06. The highest BCUT2D eigenvalue weighted by Gasteiger charge is 2.48. The first-order chi connectivity index (χ1) is 8.31. The van der Waals surface area contributed by atoms with E-state index >= 15 is 0 Å². The number of ketones is 1. The molecule has 3 rings (SSSR count). The van der Waals surface area contributed by atoms with E-state index in [1.807, 2.05) is 18.3 Å². The number of hydrogen-bond acceptors (Lipinski definition) is 3. The molecule has 0 bridgehead atoms. The Bertz CT molecular complexity index is 401. The summed E-state index contributed by atoms with van der Waals surface area (Å²) in [7, 11) is 0. The Kier molecular flexibility index (Phi) is 2.71. The molecule has 1 saturated heterocycles. The van der Waals surface area contributed by atoms with E-state index in [1.165, 1.54) is 0 Å². The number of pyridine rings is 1. The Balaban J connectivity index is 1.85. The van der Waals surface area contributed by atoms with Crippen molar-refractivity contribution >= 4 is 5.78 Å². The van der Waals surface area contributed by atoms with E-state index in [1.54, 1.807) is 0 Å². The van der Waals surface area contributed by atoms with Crippen LogP contribution >= 0.6 is 0 Å². The Morgan fingerprint density at radius 2 is 2.00 bits per heavy atom. The van der Waals surface area contributed by atoms with Crippen molar-refractivity contribution < 1.29 is 9.53 Å². The summed E-state index contributed by atoms with van der Waals surface area (Å²) >= 11 is 0. The van der Waals surface area contributed by atoms with Gasteiger partial charge in [-0.15, -0.1) is 0 Å². The molecule has 0 spiro atoms. The van der Waals surface area contributed by atoms with Gasteiger partial charge in [0, 0.05) is 19.0 Å². The van der Waals surface area contributed by atoms with Gasteiger partial charge in [0.1, 0.15) is 5.78 Å². The highest BCUT2D eigenvalue weighted by atomic mass is 16.5. The third-order valence-electron chi connectivity index (χ3n) is 4.22. The van der Waals surface area contributed by atoms with E-state index in [0.717, 1.165) is 44.6 Å². The lowest BCUT2D eigenvalue weighted by atomic mass is 9.65. The Morgan fingerprint density at radius 3 is 2.53 bits per heavy atom. The molecule has 17 heavy (non-hydrogen) atoms.